The average molecular weight is 419 g/mol. The van der Waals surface area contributed by atoms with Crippen molar-refractivity contribution in [2.24, 2.45) is 0 Å². The van der Waals surface area contributed by atoms with Crippen molar-refractivity contribution in [1.29, 1.82) is 0 Å². The molecule has 1 unspecified atom stereocenters. The van der Waals surface area contributed by atoms with Crippen LogP contribution in [-0.4, -0.2) is 33.9 Å². The number of aromatic nitrogens is 3. The minimum atomic E-state index is -1.15. The SMILES string of the molecule is COC(=O)CC(C(=O)c1ccccc1)n1nnc2sc(-c3ccccc3)cc2c1=O. The Kier molecular flexibility index (Phi) is 5.49. The van der Waals surface area contributed by atoms with E-state index in [1.54, 1.807) is 36.4 Å². The second kappa shape index (κ2) is 8.38. The van der Waals surface area contributed by atoms with Gasteiger partial charge in [-0.15, -0.1) is 16.4 Å². The highest BCUT2D eigenvalue weighted by Crippen LogP contribution is 2.30. The molecule has 0 amide bonds. The minimum absolute atomic E-state index is 0.319. The van der Waals surface area contributed by atoms with Gasteiger partial charge in [-0.2, -0.15) is 4.68 Å². The summed E-state index contributed by atoms with van der Waals surface area (Å²) in [5.74, 6) is -1.02. The molecule has 8 heteroatoms. The average Bonchev–Trinajstić information content (AvgIpc) is 3.24. The molecule has 1 atom stereocenters. The van der Waals surface area contributed by atoms with E-state index in [2.05, 4.69) is 10.3 Å². The molecule has 0 aliphatic rings. The maximum atomic E-state index is 13.2. The lowest BCUT2D eigenvalue weighted by Gasteiger charge is -2.15. The van der Waals surface area contributed by atoms with Gasteiger partial charge in [0.1, 0.15) is 6.04 Å². The summed E-state index contributed by atoms with van der Waals surface area (Å²) in [6.07, 6.45) is -0.319. The summed E-state index contributed by atoms with van der Waals surface area (Å²) in [7, 11) is 1.23. The lowest BCUT2D eigenvalue weighted by molar-refractivity contribution is -0.141. The van der Waals surface area contributed by atoms with Crippen LogP contribution in [0.3, 0.4) is 0 Å². The molecule has 2 aromatic carbocycles. The molecule has 4 aromatic rings. The standard InChI is InChI=1S/C22H17N3O4S/c1-29-19(26)13-17(20(27)15-10-6-3-7-11-15)25-22(28)16-12-18(30-21(16)23-24-25)14-8-4-2-5-9-14/h2-12,17H,13H2,1H3. The molecule has 0 bridgehead atoms. The van der Waals surface area contributed by atoms with Crippen LogP contribution in [-0.2, 0) is 9.53 Å². The van der Waals surface area contributed by atoms with Gasteiger partial charge >= 0.3 is 5.97 Å². The monoisotopic (exact) mass is 419 g/mol. The van der Waals surface area contributed by atoms with E-state index in [1.807, 2.05) is 30.3 Å². The lowest BCUT2D eigenvalue weighted by Crippen LogP contribution is -2.34. The topological polar surface area (TPSA) is 91.2 Å². The number of esters is 1. The number of carbonyl (C=O) groups excluding carboxylic acids is 2. The fourth-order valence-corrected chi connectivity index (χ4v) is 4.11. The number of nitrogens with zero attached hydrogens (tertiary/aromatic N) is 3. The maximum Gasteiger partial charge on any atom is 0.308 e. The van der Waals surface area contributed by atoms with Crippen LogP contribution < -0.4 is 5.56 Å². The molecule has 7 nitrogen and oxygen atoms in total. The van der Waals surface area contributed by atoms with Gasteiger partial charge in [0.2, 0.25) is 0 Å². The third-order valence-electron chi connectivity index (χ3n) is 4.69. The van der Waals surface area contributed by atoms with Crippen molar-refractivity contribution in [3.05, 3.63) is 82.6 Å². The molecule has 2 aromatic heterocycles. The highest BCUT2D eigenvalue weighted by molar-refractivity contribution is 7.21. The zero-order valence-electron chi connectivity index (χ0n) is 16.0. The summed E-state index contributed by atoms with van der Waals surface area (Å²) in [6, 6.07) is 18.7. The number of hydrogen-bond acceptors (Lipinski definition) is 7. The highest BCUT2D eigenvalue weighted by atomic mass is 32.1. The number of ether oxygens (including phenoxy) is 1. The summed E-state index contributed by atoms with van der Waals surface area (Å²) in [5.41, 5.74) is 0.852. The van der Waals surface area contributed by atoms with Crippen LogP contribution in [0.1, 0.15) is 22.8 Å². The van der Waals surface area contributed by atoms with Gasteiger partial charge < -0.3 is 4.74 Å². The zero-order chi connectivity index (χ0) is 21.1. The van der Waals surface area contributed by atoms with E-state index in [0.29, 0.717) is 15.8 Å². The van der Waals surface area contributed by atoms with Gasteiger partial charge in [0.25, 0.3) is 5.56 Å². The van der Waals surface area contributed by atoms with Crippen molar-refractivity contribution < 1.29 is 14.3 Å². The van der Waals surface area contributed by atoms with E-state index < -0.39 is 23.4 Å². The molecule has 0 saturated heterocycles. The Bertz CT molecular complexity index is 1270. The van der Waals surface area contributed by atoms with Crippen molar-refractivity contribution in [2.45, 2.75) is 12.5 Å². The molecule has 2 heterocycles. The van der Waals surface area contributed by atoms with Gasteiger partial charge in [0.05, 0.1) is 18.9 Å². The van der Waals surface area contributed by atoms with Crippen LogP contribution in [0.25, 0.3) is 20.7 Å². The maximum absolute atomic E-state index is 13.2. The summed E-state index contributed by atoms with van der Waals surface area (Å²) in [4.78, 5) is 39.6. The lowest BCUT2D eigenvalue weighted by atomic mass is 10.0. The van der Waals surface area contributed by atoms with E-state index in [4.69, 9.17) is 4.74 Å². The quantitative estimate of drug-likeness (QED) is 0.351. The molecule has 0 radical (unpaired) electrons. The molecule has 150 valence electrons. The fourth-order valence-electron chi connectivity index (χ4n) is 3.14. The first-order valence-electron chi connectivity index (χ1n) is 9.19. The second-order valence-electron chi connectivity index (χ2n) is 6.56. The number of rotatable bonds is 6. The molecule has 30 heavy (non-hydrogen) atoms. The number of ketones is 1. The van der Waals surface area contributed by atoms with E-state index >= 15 is 0 Å². The highest BCUT2D eigenvalue weighted by Gasteiger charge is 2.28. The number of thiophene rings is 1. The normalized spacial score (nSPS) is 11.9. The van der Waals surface area contributed by atoms with Gasteiger partial charge in [0.15, 0.2) is 10.6 Å². The number of carbonyl (C=O) groups is 2. The number of benzene rings is 2. The molecule has 0 aliphatic heterocycles. The Morgan fingerprint density at radius 3 is 2.40 bits per heavy atom. The number of methoxy groups -OCH3 is 1. The summed E-state index contributed by atoms with van der Waals surface area (Å²) in [6.45, 7) is 0. The zero-order valence-corrected chi connectivity index (χ0v) is 16.8. The van der Waals surface area contributed by atoms with Crippen molar-refractivity contribution in [2.75, 3.05) is 7.11 Å². The first kappa shape index (κ1) is 19.7. The Morgan fingerprint density at radius 1 is 1.07 bits per heavy atom. The summed E-state index contributed by atoms with van der Waals surface area (Å²) < 4.78 is 5.71. The second-order valence-corrected chi connectivity index (χ2v) is 7.59. The molecule has 0 aliphatic carbocycles. The van der Waals surface area contributed by atoms with Crippen LogP contribution in [0, 0.1) is 0 Å². The van der Waals surface area contributed by atoms with Gasteiger partial charge in [-0.25, -0.2) is 0 Å². The van der Waals surface area contributed by atoms with Gasteiger partial charge in [-0.1, -0.05) is 65.9 Å². The molecular weight excluding hydrogens is 402 g/mol. The van der Waals surface area contributed by atoms with Crippen molar-refractivity contribution in [1.82, 2.24) is 15.0 Å². The first-order valence-corrected chi connectivity index (χ1v) is 10.0. The smallest absolute Gasteiger partial charge is 0.308 e. The van der Waals surface area contributed by atoms with E-state index in [-0.39, 0.29) is 6.42 Å². The summed E-state index contributed by atoms with van der Waals surface area (Å²) in [5, 5.41) is 8.48. The molecule has 4 rings (SSSR count). The van der Waals surface area contributed by atoms with Crippen molar-refractivity contribution >= 4 is 33.3 Å². The predicted molar refractivity (Wildman–Crippen MR) is 114 cm³/mol. The molecular formula is C22H17N3O4S. The molecule has 0 N–H and O–H groups in total. The van der Waals surface area contributed by atoms with E-state index in [0.717, 1.165) is 15.1 Å². The van der Waals surface area contributed by atoms with Crippen LogP contribution in [0.5, 0.6) is 0 Å². The first-order chi connectivity index (χ1) is 14.6. The Balaban J connectivity index is 1.81. The van der Waals surface area contributed by atoms with Crippen molar-refractivity contribution in [3.8, 4) is 10.4 Å². The van der Waals surface area contributed by atoms with Crippen LogP contribution in [0.2, 0.25) is 0 Å². The molecule has 0 spiro atoms. The van der Waals surface area contributed by atoms with Gasteiger partial charge in [-0.05, 0) is 11.6 Å². The Labute approximate surface area is 175 Å². The molecule has 0 fully saturated rings. The van der Waals surface area contributed by atoms with Crippen molar-refractivity contribution in [3.63, 3.8) is 0 Å². The number of hydrogen-bond donors (Lipinski definition) is 0. The third-order valence-corrected chi connectivity index (χ3v) is 5.75. The Morgan fingerprint density at radius 2 is 1.73 bits per heavy atom. The van der Waals surface area contributed by atoms with Crippen LogP contribution in [0.15, 0.2) is 71.5 Å². The van der Waals surface area contributed by atoms with E-state index in [9.17, 15) is 14.4 Å². The van der Waals surface area contributed by atoms with Gasteiger partial charge in [-0.3, -0.25) is 14.4 Å². The third kappa shape index (κ3) is 3.77. The van der Waals surface area contributed by atoms with E-state index in [1.165, 1.54) is 18.4 Å². The molecule has 0 saturated carbocycles. The van der Waals surface area contributed by atoms with Gasteiger partial charge in [0, 0.05) is 10.4 Å². The van der Waals surface area contributed by atoms with Crippen LogP contribution in [0.4, 0.5) is 0 Å². The number of Topliss-reactive ketones (excluding diaryl/α,β-unsaturated/α-hetero) is 1. The fraction of sp³-hybridized carbons (Fsp3) is 0.136. The minimum Gasteiger partial charge on any atom is -0.469 e. The summed E-state index contributed by atoms with van der Waals surface area (Å²) >= 11 is 1.34. The predicted octanol–water partition coefficient (Wildman–Crippen LogP) is 3.51. The number of fused-ring (bicyclic) bond motifs is 1. The Hall–Kier alpha value is -3.65. The van der Waals surface area contributed by atoms with Crippen LogP contribution >= 0.6 is 11.3 Å². The largest absolute Gasteiger partial charge is 0.469 e.